The smallest absolute Gasteiger partial charge is 0.284 e. The third-order valence-corrected chi connectivity index (χ3v) is 5.02. The maximum atomic E-state index is 12.5. The van der Waals surface area contributed by atoms with Crippen LogP contribution in [0.5, 0.6) is 23.0 Å². The lowest BCUT2D eigenvalue weighted by molar-refractivity contribution is -0.130. The van der Waals surface area contributed by atoms with Crippen LogP contribution in [-0.4, -0.2) is 31.1 Å². The summed E-state index contributed by atoms with van der Waals surface area (Å²) in [5.41, 5.74) is 4.12. The van der Waals surface area contributed by atoms with Crippen molar-refractivity contribution in [3.05, 3.63) is 66.2 Å². The van der Waals surface area contributed by atoms with Gasteiger partial charge in [-0.1, -0.05) is 36.4 Å². The Hall–Kier alpha value is -4.00. The van der Waals surface area contributed by atoms with E-state index in [4.69, 9.17) is 18.9 Å². The van der Waals surface area contributed by atoms with Crippen LogP contribution in [-0.2, 0) is 4.79 Å². The van der Waals surface area contributed by atoms with Crippen LogP contribution in [0, 0.1) is 0 Å². The largest absolute Gasteiger partial charge is 0.485 e. The van der Waals surface area contributed by atoms with Gasteiger partial charge in [-0.05, 0) is 53.6 Å². The molecule has 2 heterocycles. The average Bonchev–Trinajstić information content (AvgIpc) is 3.27. The fourth-order valence-corrected chi connectivity index (χ4v) is 3.37. The molecule has 0 saturated heterocycles. The van der Waals surface area contributed by atoms with E-state index in [1.54, 1.807) is 13.0 Å². The third kappa shape index (κ3) is 4.02. The van der Waals surface area contributed by atoms with Crippen LogP contribution >= 0.6 is 0 Å². The maximum absolute atomic E-state index is 12.5. The molecule has 2 aliphatic rings. The van der Waals surface area contributed by atoms with Gasteiger partial charge in [0.15, 0.2) is 23.0 Å². The summed E-state index contributed by atoms with van der Waals surface area (Å²) < 4.78 is 22.3. The predicted octanol–water partition coefficient (Wildman–Crippen LogP) is 3.91. The number of benzene rings is 3. The van der Waals surface area contributed by atoms with Crippen LogP contribution in [0.4, 0.5) is 0 Å². The molecule has 1 N–H and O–H groups in total. The molecule has 0 aliphatic carbocycles. The number of nitrogens with one attached hydrogen (secondary N) is 1. The Bertz CT molecular complexity index is 1220. The number of hydrogen-bond acceptors (Lipinski definition) is 6. The van der Waals surface area contributed by atoms with Crippen molar-refractivity contribution in [3.63, 3.8) is 0 Å². The van der Waals surface area contributed by atoms with Crippen LogP contribution in [0.15, 0.2) is 65.8 Å². The van der Waals surface area contributed by atoms with Gasteiger partial charge in [-0.2, -0.15) is 5.10 Å². The Morgan fingerprint density at radius 1 is 0.968 bits per heavy atom. The summed E-state index contributed by atoms with van der Waals surface area (Å²) in [4.78, 5) is 12.5. The number of allylic oxidation sites excluding steroid dienone is 1. The summed E-state index contributed by atoms with van der Waals surface area (Å²) in [6.45, 7) is 2.16. The van der Waals surface area contributed by atoms with Gasteiger partial charge in [0.05, 0.1) is 5.71 Å². The minimum Gasteiger partial charge on any atom is -0.485 e. The van der Waals surface area contributed by atoms with E-state index in [2.05, 4.69) is 10.5 Å². The number of carbonyl (C=O) groups is 1. The summed E-state index contributed by atoms with van der Waals surface area (Å²) >= 11 is 0. The van der Waals surface area contributed by atoms with Gasteiger partial charge in [-0.15, -0.1) is 0 Å². The fourth-order valence-electron chi connectivity index (χ4n) is 3.37. The highest BCUT2D eigenvalue weighted by atomic mass is 16.7. The highest BCUT2D eigenvalue weighted by Crippen LogP contribution is 2.36. The van der Waals surface area contributed by atoms with Gasteiger partial charge in [-0.25, -0.2) is 5.43 Å². The molecule has 0 unspecified atom stereocenters. The zero-order valence-corrected chi connectivity index (χ0v) is 16.8. The minimum atomic E-state index is -0.775. The summed E-state index contributed by atoms with van der Waals surface area (Å²) in [6, 6.07) is 17.4. The SMILES string of the molecule is CC(/C=C/c1ccc2c(c1)OCO2)=N\NC(=O)[C@H]1COc2cc3ccccc3cc2O1. The monoisotopic (exact) mass is 416 g/mol. The molecular weight excluding hydrogens is 396 g/mol. The van der Waals surface area contributed by atoms with Crippen molar-refractivity contribution in [3.8, 4) is 23.0 Å². The third-order valence-electron chi connectivity index (χ3n) is 5.02. The molecule has 3 aromatic rings. The molecule has 31 heavy (non-hydrogen) atoms. The molecular formula is C24H20N2O5. The van der Waals surface area contributed by atoms with Crippen molar-refractivity contribution < 1.29 is 23.7 Å². The predicted molar refractivity (Wildman–Crippen MR) is 117 cm³/mol. The molecule has 0 aromatic heterocycles. The number of rotatable bonds is 4. The number of hydrogen-bond donors (Lipinski definition) is 1. The van der Waals surface area contributed by atoms with Crippen LogP contribution in [0.3, 0.4) is 0 Å². The van der Waals surface area contributed by atoms with Crippen molar-refractivity contribution in [2.24, 2.45) is 5.10 Å². The first kappa shape index (κ1) is 19.0. The fraction of sp³-hybridized carbons (Fsp3) is 0.167. The van der Waals surface area contributed by atoms with E-state index in [9.17, 15) is 4.79 Å². The van der Waals surface area contributed by atoms with Gasteiger partial charge in [0, 0.05) is 0 Å². The molecule has 7 heteroatoms. The zero-order valence-electron chi connectivity index (χ0n) is 16.8. The molecule has 1 atom stereocenters. The molecule has 156 valence electrons. The van der Waals surface area contributed by atoms with Crippen molar-refractivity contribution in [1.82, 2.24) is 5.43 Å². The van der Waals surface area contributed by atoms with Crippen molar-refractivity contribution >= 4 is 28.5 Å². The Morgan fingerprint density at radius 3 is 2.55 bits per heavy atom. The van der Waals surface area contributed by atoms with Crippen LogP contribution in [0.2, 0.25) is 0 Å². The van der Waals surface area contributed by atoms with E-state index in [1.807, 2.05) is 60.7 Å². The Labute approximate surface area is 178 Å². The molecule has 0 fully saturated rings. The maximum Gasteiger partial charge on any atom is 0.284 e. The lowest BCUT2D eigenvalue weighted by Gasteiger charge is -2.25. The Morgan fingerprint density at radius 2 is 1.71 bits per heavy atom. The van der Waals surface area contributed by atoms with E-state index < -0.39 is 6.10 Å². The minimum absolute atomic E-state index is 0.124. The van der Waals surface area contributed by atoms with Gasteiger partial charge < -0.3 is 18.9 Å². The number of carbonyl (C=O) groups excluding carboxylic acids is 1. The van der Waals surface area contributed by atoms with Crippen LogP contribution in [0.1, 0.15) is 12.5 Å². The van der Waals surface area contributed by atoms with Crippen molar-refractivity contribution in [2.45, 2.75) is 13.0 Å². The summed E-state index contributed by atoms with van der Waals surface area (Å²) in [6.07, 6.45) is 2.91. The molecule has 0 bridgehead atoms. The van der Waals surface area contributed by atoms with Crippen LogP contribution < -0.4 is 24.4 Å². The molecule has 2 aliphatic heterocycles. The Kier molecular flexibility index (Phi) is 4.92. The normalized spacial score (nSPS) is 17.2. The lowest BCUT2D eigenvalue weighted by Crippen LogP contribution is -2.42. The molecule has 1 amide bonds. The van der Waals surface area contributed by atoms with Crippen molar-refractivity contribution in [2.75, 3.05) is 13.4 Å². The molecule has 0 saturated carbocycles. The number of fused-ring (bicyclic) bond motifs is 3. The number of hydrazone groups is 1. The van der Waals surface area contributed by atoms with Gasteiger partial charge >= 0.3 is 0 Å². The highest BCUT2D eigenvalue weighted by molar-refractivity contribution is 5.97. The van der Waals surface area contributed by atoms with Gasteiger partial charge in [0.1, 0.15) is 6.61 Å². The van der Waals surface area contributed by atoms with Crippen LogP contribution in [0.25, 0.3) is 16.8 Å². The second kappa shape index (κ2) is 8.02. The second-order valence-corrected chi connectivity index (χ2v) is 7.24. The molecule has 7 nitrogen and oxygen atoms in total. The number of amides is 1. The van der Waals surface area contributed by atoms with E-state index in [0.29, 0.717) is 23.0 Å². The molecule has 0 radical (unpaired) electrons. The van der Waals surface area contributed by atoms with E-state index in [0.717, 1.165) is 22.1 Å². The lowest BCUT2D eigenvalue weighted by atomic mass is 10.1. The number of ether oxygens (including phenoxy) is 4. The van der Waals surface area contributed by atoms with Gasteiger partial charge in [0.2, 0.25) is 12.9 Å². The average molecular weight is 416 g/mol. The summed E-state index contributed by atoms with van der Waals surface area (Å²) in [5, 5.41) is 6.21. The second-order valence-electron chi connectivity index (χ2n) is 7.24. The first-order valence-corrected chi connectivity index (χ1v) is 9.90. The highest BCUT2D eigenvalue weighted by Gasteiger charge is 2.27. The standard InChI is InChI=1S/C24H20N2O5/c1-15(6-7-16-8-9-19-20(10-16)30-14-29-19)25-26-24(27)23-13-28-21-11-17-4-2-3-5-18(17)12-22(21)31-23/h2-12,23H,13-14H2,1H3,(H,26,27)/b7-6+,25-15+/t23-/m1/s1. The zero-order chi connectivity index (χ0) is 21.2. The first-order valence-electron chi connectivity index (χ1n) is 9.90. The molecule has 0 spiro atoms. The first-order chi connectivity index (χ1) is 15.2. The summed E-state index contributed by atoms with van der Waals surface area (Å²) in [5.74, 6) is 2.27. The Balaban J connectivity index is 1.22. The summed E-state index contributed by atoms with van der Waals surface area (Å²) in [7, 11) is 0. The van der Waals surface area contributed by atoms with Gasteiger partial charge in [-0.3, -0.25) is 4.79 Å². The molecule has 5 rings (SSSR count). The topological polar surface area (TPSA) is 78.4 Å². The van der Waals surface area contributed by atoms with E-state index in [1.165, 1.54) is 0 Å². The van der Waals surface area contributed by atoms with Crippen molar-refractivity contribution in [1.29, 1.82) is 0 Å². The molecule has 3 aromatic carbocycles. The van der Waals surface area contributed by atoms with E-state index in [-0.39, 0.29) is 19.3 Å². The quantitative estimate of drug-likeness (QED) is 0.515. The van der Waals surface area contributed by atoms with E-state index >= 15 is 0 Å². The number of nitrogens with zero attached hydrogens (tertiary/aromatic N) is 1. The van der Waals surface area contributed by atoms with Gasteiger partial charge in [0.25, 0.3) is 5.91 Å².